The van der Waals surface area contributed by atoms with Crippen molar-refractivity contribution in [1.29, 1.82) is 0 Å². The van der Waals surface area contributed by atoms with Gasteiger partial charge in [-0.05, 0) is 48.2 Å². The van der Waals surface area contributed by atoms with E-state index in [-0.39, 0.29) is 12.0 Å². The van der Waals surface area contributed by atoms with Crippen molar-refractivity contribution < 1.29 is 4.74 Å². The van der Waals surface area contributed by atoms with Crippen molar-refractivity contribution in [3.8, 4) is 0 Å². The topological polar surface area (TPSA) is 61.3 Å². The molecule has 1 saturated heterocycles. The van der Waals surface area contributed by atoms with Gasteiger partial charge >= 0.3 is 0 Å². The Labute approximate surface area is 119 Å². The Kier molecular flexibility index (Phi) is 3.61. The monoisotopic (exact) mass is 268 g/mol. The molecule has 0 aromatic heterocycles. The molecule has 4 N–H and O–H groups in total. The molecule has 2 aromatic carbocycles. The zero-order chi connectivity index (χ0) is 13.9. The number of rotatable bonds is 3. The first kappa shape index (κ1) is 13.0. The van der Waals surface area contributed by atoms with Gasteiger partial charge in [-0.2, -0.15) is 0 Å². The first-order valence-electron chi connectivity index (χ1n) is 7.06. The van der Waals surface area contributed by atoms with Crippen molar-refractivity contribution in [2.24, 2.45) is 0 Å². The first-order valence-corrected chi connectivity index (χ1v) is 7.06. The lowest BCUT2D eigenvalue weighted by Gasteiger charge is -2.24. The Hall–Kier alpha value is -2.00. The van der Waals surface area contributed by atoms with E-state index in [1.165, 1.54) is 11.1 Å². The third-order valence-electron chi connectivity index (χ3n) is 3.93. The summed E-state index contributed by atoms with van der Waals surface area (Å²) in [7, 11) is 0. The van der Waals surface area contributed by atoms with Gasteiger partial charge in [0.1, 0.15) is 0 Å². The fourth-order valence-corrected chi connectivity index (χ4v) is 2.89. The molecule has 0 saturated carbocycles. The summed E-state index contributed by atoms with van der Waals surface area (Å²) in [5, 5.41) is 0. The Balaban J connectivity index is 1.98. The molecule has 0 bridgehead atoms. The van der Waals surface area contributed by atoms with Crippen molar-refractivity contribution in [2.75, 3.05) is 18.1 Å². The molecule has 0 spiro atoms. The van der Waals surface area contributed by atoms with Crippen molar-refractivity contribution in [3.05, 3.63) is 59.7 Å². The molecule has 20 heavy (non-hydrogen) atoms. The van der Waals surface area contributed by atoms with E-state index in [4.69, 9.17) is 16.2 Å². The van der Waals surface area contributed by atoms with E-state index in [0.29, 0.717) is 0 Å². The second kappa shape index (κ2) is 5.55. The van der Waals surface area contributed by atoms with Gasteiger partial charge in [-0.15, -0.1) is 0 Å². The molecular formula is C17H20N2O. The molecule has 1 unspecified atom stereocenters. The average molecular weight is 268 g/mol. The summed E-state index contributed by atoms with van der Waals surface area (Å²) >= 11 is 0. The molecule has 1 heterocycles. The summed E-state index contributed by atoms with van der Waals surface area (Å²) in [4.78, 5) is 0. The van der Waals surface area contributed by atoms with Crippen molar-refractivity contribution in [3.63, 3.8) is 0 Å². The van der Waals surface area contributed by atoms with Crippen LogP contribution in [0.4, 0.5) is 11.4 Å². The third kappa shape index (κ3) is 2.63. The Morgan fingerprint density at radius 1 is 0.850 bits per heavy atom. The summed E-state index contributed by atoms with van der Waals surface area (Å²) in [6.07, 6.45) is 2.46. The van der Waals surface area contributed by atoms with E-state index >= 15 is 0 Å². The fraction of sp³-hybridized carbons (Fsp3) is 0.294. The standard InChI is InChI=1S/C17H20N2O/c18-14-7-3-12(4-8-14)17(16-2-1-11-20-16)13-5-9-15(19)10-6-13/h3-10,16-17H,1-2,11,18-19H2. The summed E-state index contributed by atoms with van der Waals surface area (Å²) in [6, 6.07) is 16.2. The summed E-state index contributed by atoms with van der Waals surface area (Å²) < 4.78 is 5.92. The first-order chi connectivity index (χ1) is 9.74. The molecular weight excluding hydrogens is 248 g/mol. The minimum Gasteiger partial charge on any atom is -0.399 e. The van der Waals surface area contributed by atoms with E-state index in [1.54, 1.807) is 0 Å². The molecule has 3 heteroatoms. The molecule has 0 radical (unpaired) electrons. The minimum atomic E-state index is 0.238. The molecule has 3 rings (SSSR count). The largest absolute Gasteiger partial charge is 0.399 e. The van der Waals surface area contributed by atoms with Crippen molar-refractivity contribution >= 4 is 11.4 Å². The number of hydrogen-bond acceptors (Lipinski definition) is 3. The van der Waals surface area contributed by atoms with Gasteiger partial charge in [-0.25, -0.2) is 0 Å². The van der Waals surface area contributed by atoms with Crippen molar-refractivity contribution in [2.45, 2.75) is 24.9 Å². The van der Waals surface area contributed by atoms with Gasteiger partial charge in [0.15, 0.2) is 0 Å². The lowest BCUT2D eigenvalue weighted by Crippen LogP contribution is -2.19. The van der Waals surface area contributed by atoms with Gasteiger partial charge < -0.3 is 16.2 Å². The van der Waals surface area contributed by atoms with Crippen LogP contribution in [0.5, 0.6) is 0 Å². The SMILES string of the molecule is Nc1ccc(C(c2ccc(N)cc2)C2CCCO2)cc1. The third-order valence-corrected chi connectivity index (χ3v) is 3.93. The quantitative estimate of drug-likeness (QED) is 0.841. The van der Waals surface area contributed by atoms with Crippen LogP contribution in [-0.4, -0.2) is 12.7 Å². The fourth-order valence-electron chi connectivity index (χ4n) is 2.89. The molecule has 1 atom stereocenters. The second-order valence-corrected chi connectivity index (χ2v) is 5.36. The van der Waals surface area contributed by atoms with E-state index in [1.807, 2.05) is 24.3 Å². The highest BCUT2D eigenvalue weighted by Gasteiger charge is 2.28. The van der Waals surface area contributed by atoms with E-state index < -0.39 is 0 Å². The summed E-state index contributed by atoms with van der Waals surface area (Å²) in [5.74, 6) is 0.249. The minimum absolute atomic E-state index is 0.238. The maximum atomic E-state index is 5.92. The van der Waals surface area contributed by atoms with E-state index in [2.05, 4.69) is 24.3 Å². The maximum Gasteiger partial charge on any atom is 0.0685 e. The number of hydrogen-bond donors (Lipinski definition) is 2. The summed E-state index contributed by atoms with van der Waals surface area (Å²) in [5.41, 5.74) is 15.7. The highest BCUT2D eigenvalue weighted by molar-refractivity contribution is 5.46. The normalized spacial score (nSPS) is 18.6. The highest BCUT2D eigenvalue weighted by Crippen LogP contribution is 2.35. The number of nitrogens with two attached hydrogens (primary N) is 2. The molecule has 104 valence electrons. The number of nitrogen functional groups attached to an aromatic ring is 2. The van der Waals surface area contributed by atoms with Gasteiger partial charge in [-0.3, -0.25) is 0 Å². The van der Waals surface area contributed by atoms with Crippen LogP contribution in [0.15, 0.2) is 48.5 Å². The predicted octanol–water partition coefficient (Wildman–Crippen LogP) is 3.16. The molecule has 1 aliphatic heterocycles. The van der Waals surface area contributed by atoms with E-state index in [9.17, 15) is 0 Å². The Morgan fingerprint density at radius 3 is 1.75 bits per heavy atom. The van der Waals surface area contributed by atoms with Crippen LogP contribution in [0.25, 0.3) is 0 Å². The van der Waals surface area contributed by atoms with Gasteiger partial charge in [0, 0.05) is 23.9 Å². The van der Waals surface area contributed by atoms with E-state index in [0.717, 1.165) is 30.8 Å². The van der Waals surface area contributed by atoms with Gasteiger partial charge in [0.2, 0.25) is 0 Å². The molecule has 1 fully saturated rings. The zero-order valence-corrected chi connectivity index (χ0v) is 11.5. The van der Waals surface area contributed by atoms with Crippen LogP contribution in [0.1, 0.15) is 29.9 Å². The van der Waals surface area contributed by atoms with Crippen LogP contribution < -0.4 is 11.5 Å². The van der Waals surface area contributed by atoms with Crippen LogP contribution in [0.3, 0.4) is 0 Å². The highest BCUT2D eigenvalue weighted by atomic mass is 16.5. The zero-order valence-electron chi connectivity index (χ0n) is 11.5. The van der Waals surface area contributed by atoms with Gasteiger partial charge in [0.25, 0.3) is 0 Å². The average Bonchev–Trinajstić information content (AvgIpc) is 2.97. The molecule has 3 nitrogen and oxygen atoms in total. The van der Waals surface area contributed by atoms with Crippen molar-refractivity contribution in [1.82, 2.24) is 0 Å². The number of ether oxygens (including phenoxy) is 1. The molecule has 0 amide bonds. The Bertz CT molecular complexity index is 511. The van der Waals surface area contributed by atoms with Crippen LogP contribution >= 0.6 is 0 Å². The molecule has 0 aliphatic carbocycles. The lowest BCUT2D eigenvalue weighted by molar-refractivity contribution is 0.0982. The summed E-state index contributed by atoms with van der Waals surface area (Å²) in [6.45, 7) is 0.852. The van der Waals surface area contributed by atoms with Crippen LogP contribution in [0, 0.1) is 0 Å². The number of anilines is 2. The predicted molar refractivity (Wildman–Crippen MR) is 82.5 cm³/mol. The lowest BCUT2D eigenvalue weighted by atomic mass is 9.85. The van der Waals surface area contributed by atoms with Gasteiger partial charge in [-0.1, -0.05) is 24.3 Å². The smallest absolute Gasteiger partial charge is 0.0685 e. The second-order valence-electron chi connectivity index (χ2n) is 5.36. The Morgan fingerprint density at radius 2 is 1.35 bits per heavy atom. The van der Waals surface area contributed by atoms with Gasteiger partial charge in [0.05, 0.1) is 6.10 Å². The maximum absolute atomic E-state index is 5.92. The number of benzene rings is 2. The molecule has 1 aliphatic rings. The van der Waals surface area contributed by atoms with Crippen LogP contribution in [-0.2, 0) is 4.74 Å². The van der Waals surface area contributed by atoms with Crippen LogP contribution in [0.2, 0.25) is 0 Å². The molecule has 2 aromatic rings.